The van der Waals surface area contributed by atoms with Crippen molar-refractivity contribution in [2.24, 2.45) is 61.4 Å². The van der Waals surface area contributed by atoms with Gasteiger partial charge in [0, 0.05) is 79.0 Å². The molecular formula is C103H165Cl4N12O9S3V+5. The zero-order valence-electron chi connectivity index (χ0n) is 86.2. The average molecular weight is 2000 g/mol. The van der Waals surface area contributed by atoms with E-state index >= 15 is 0 Å². The molecule has 9 rings (SSSR count). The Morgan fingerprint density at radius 2 is 0.636 bits per heavy atom. The van der Waals surface area contributed by atoms with Crippen molar-refractivity contribution in [2.45, 2.75) is 245 Å². The maximum atomic E-state index is 14.8. The summed E-state index contributed by atoms with van der Waals surface area (Å²) in [6.45, 7) is 66.7. The second kappa shape index (κ2) is 50.9. The average Bonchev–Trinajstić information content (AvgIpc) is 1.54. The molecule has 0 saturated heterocycles. The van der Waals surface area contributed by atoms with E-state index in [0.717, 1.165) is 131 Å². The van der Waals surface area contributed by atoms with Crippen molar-refractivity contribution in [3.63, 3.8) is 0 Å². The van der Waals surface area contributed by atoms with Crippen molar-refractivity contribution in [2.75, 3.05) is 177 Å². The number of rotatable bonds is 56. The molecule has 3 aromatic heterocycles. The van der Waals surface area contributed by atoms with Gasteiger partial charge >= 0.3 is 11.6 Å². The first-order valence-electron chi connectivity index (χ1n) is 49.4. The molecule has 8 bridgehead atoms. The standard InChI is InChI=1S/C103H165Cl4N12O9S3.V/c1-31-116(27,32-2)48-39-40-72-82(104)88(124-54-43-66(13)14)79-78(86(72)122-52-41-64(9)10)98-109-96-75-76(91(127-57-46-69(19)20)94(130-60-50-118(29,35-5)36-6)84(106)87(75)123-53-42-65(11)12)97(108-96)110-99-80-81(92(128-58-47-70(21)22)95(131-61-51-119(30,37-7)38-8)85(107)90(80)126-56-45-68(17)18)101(114(99)26)112-103-77-74(102(115(103)120)111-100(79)113(98)25)73(63-121-62-71(23)24)93(129-59-49-117(28,33-3)34-4)83(105)89(77)125-55-44-67(15)16;/h64-71,120H,31-63H2,1-30H3;/q+5;. The monoisotopic (exact) mass is 2000 g/mol. The maximum absolute atomic E-state index is 14.8. The maximum Gasteiger partial charge on any atom is 0.314 e. The van der Waals surface area contributed by atoms with Gasteiger partial charge in [-0.15, -0.1) is 35.3 Å². The van der Waals surface area contributed by atoms with Crippen LogP contribution in [0.2, 0.25) is 20.1 Å². The third-order valence-corrected chi connectivity index (χ3v) is 32.3. The molecule has 0 aliphatic carbocycles. The summed E-state index contributed by atoms with van der Waals surface area (Å²) in [6, 6.07) is 0. The fraction of sp³-hybridized carbons (Fsp3) is 0.689. The molecule has 2 aliphatic rings. The molecule has 0 spiro atoms. The van der Waals surface area contributed by atoms with Gasteiger partial charge in [0.1, 0.15) is 44.2 Å². The van der Waals surface area contributed by atoms with Gasteiger partial charge in [-0.05, 0) is 159 Å². The minimum Gasteiger partial charge on any atom is -0.492 e. The summed E-state index contributed by atoms with van der Waals surface area (Å²) in [5.74, 6) is 7.69. The first kappa shape index (κ1) is 113. The first-order valence-corrected chi connectivity index (χ1v) is 53.9. The number of thioether (sulfide) groups is 3. The molecule has 132 heavy (non-hydrogen) atoms. The molecule has 0 amide bonds. The predicted molar refractivity (Wildman–Crippen MR) is 553 cm³/mol. The molecule has 737 valence electrons. The van der Waals surface area contributed by atoms with Crippen molar-refractivity contribution in [3.05, 3.63) is 31.2 Å². The van der Waals surface area contributed by atoms with Gasteiger partial charge < -0.3 is 61.0 Å². The number of aromatic nitrogens is 8. The van der Waals surface area contributed by atoms with Crippen molar-refractivity contribution in [1.29, 1.82) is 0 Å². The van der Waals surface area contributed by atoms with Crippen molar-refractivity contribution in [3.8, 4) is 85.8 Å². The molecule has 5 heterocycles. The fourth-order valence-electron chi connectivity index (χ4n) is 16.0. The molecule has 1 N–H and O–H groups in total. The van der Waals surface area contributed by atoms with Crippen LogP contribution in [-0.4, -0.2) is 234 Å². The molecule has 0 saturated carbocycles. The molecule has 0 unspecified atom stereocenters. The third-order valence-electron chi connectivity index (χ3n) is 27.2. The Morgan fingerprint density at radius 3 is 1.03 bits per heavy atom. The zero-order valence-corrected chi connectivity index (χ0v) is 93.1. The van der Waals surface area contributed by atoms with Gasteiger partial charge in [-0.1, -0.05) is 167 Å². The van der Waals surface area contributed by atoms with Crippen molar-refractivity contribution < 1.29 is 84.3 Å². The van der Waals surface area contributed by atoms with Gasteiger partial charge in [0.05, 0.1) is 218 Å². The summed E-state index contributed by atoms with van der Waals surface area (Å²) in [7, 11) is 13.2. The molecule has 7 aromatic rings. The minimum absolute atomic E-state index is 0. The van der Waals surface area contributed by atoms with Crippen LogP contribution in [-0.2, 0) is 50.4 Å². The zero-order chi connectivity index (χ0) is 96.5. The molecule has 4 aromatic carbocycles. The molecule has 29 heteroatoms. The van der Waals surface area contributed by atoms with Crippen LogP contribution in [0.1, 0.15) is 229 Å². The number of nitrogens with zero attached hydrogens (tertiary/aromatic N) is 12. The second-order valence-corrected chi connectivity index (χ2v) is 45.6. The topological polar surface area (TPSA) is 172 Å². The van der Waals surface area contributed by atoms with Gasteiger partial charge in [0.25, 0.3) is 0 Å². The Hall–Kier alpha value is -4.77. The van der Waals surface area contributed by atoms with E-state index in [9.17, 15) is 5.21 Å². The molecule has 2 aliphatic heterocycles. The molecular weight excluding hydrogens is 1840 g/mol. The van der Waals surface area contributed by atoms with Crippen molar-refractivity contribution >= 4 is 126 Å². The Morgan fingerprint density at radius 1 is 0.341 bits per heavy atom. The predicted octanol–water partition coefficient (Wildman–Crippen LogP) is 25.9. The smallest absolute Gasteiger partial charge is 0.314 e. The van der Waals surface area contributed by atoms with Gasteiger partial charge in [0.2, 0.25) is 11.3 Å². The largest absolute Gasteiger partial charge is 0.492 e. The molecule has 1 radical (unpaired) electrons. The van der Waals surface area contributed by atoms with E-state index in [1.807, 2.05) is 23.2 Å². The second-order valence-electron chi connectivity index (χ2n) is 40.8. The number of fused-ring (bicyclic) bond motifs is 20. The number of halogens is 4. The van der Waals surface area contributed by atoms with Crippen LogP contribution in [0.15, 0.2) is 14.7 Å². The Kier molecular flexibility index (Phi) is 43.4. The Balaban J connectivity index is 0.0000215. The third kappa shape index (κ3) is 27.1. The van der Waals surface area contributed by atoms with Crippen molar-refractivity contribution in [1.82, 2.24) is 34.1 Å². The van der Waals surface area contributed by atoms with E-state index in [0.29, 0.717) is 244 Å². The first-order chi connectivity index (χ1) is 62.1. The normalized spacial score (nSPS) is 12.7. The van der Waals surface area contributed by atoms with E-state index in [2.05, 4.69) is 194 Å². The number of ether oxygens (including phenoxy) is 8. The SMILES string of the molecule is CC[N+](C)(CC)CCCc1c(Cl)c(OCCC(C)C)c2c(c1OCCC(C)C)c1nc3nc(nc4c5c(OCCC(C)C)c(Cl)c(SCC[N+](C)(CC)CC)c(OCCC(C)C)c5c(nc5[n+](O)c(nc2n1C)-c1c(COCC(C)C)c(SCC[N+](C)(CC)CC)c(Cl)c(OCCC(C)C)c1-5)n4C)-c1c(OCCC(C)C)c(SCC[N+](C)(CC)CC)c(Cl)c(OCCC(C)C)c1-3.[V]. The van der Waals surface area contributed by atoms with Gasteiger partial charge in [-0.25, -0.2) is 15.0 Å². The van der Waals surface area contributed by atoms with Crippen LogP contribution in [0.4, 0.5) is 0 Å². The summed E-state index contributed by atoms with van der Waals surface area (Å²) < 4.78 is 67.9. The Bertz CT molecular complexity index is 5180. The molecule has 21 nitrogen and oxygen atoms in total. The number of hydrogen-bond donors (Lipinski definition) is 1. The van der Waals surface area contributed by atoms with Gasteiger partial charge in [-0.3, -0.25) is 9.13 Å². The summed E-state index contributed by atoms with van der Waals surface area (Å²) in [6.07, 6.45) is 6.22. The number of aryl methyl sites for hydroxylation is 2. The Labute approximate surface area is 838 Å². The quantitative estimate of drug-likeness (QED) is 0.0165. The van der Waals surface area contributed by atoms with E-state index in [-0.39, 0.29) is 102 Å². The van der Waals surface area contributed by atoms with E-state index in [4.69, 9.17) is 109 Å². The van der Waals surface area contributed by atoms with E-state index in [1.54, 1.807) is 35.3 Å². The van der Waals surface area contributed by atoms with Crippen LogP contribution < -0.4 is 37.9 Å². The fourth-order valence-corrected chi connectivity index (χ4v) is 21.3. The van der Waals surface area contributed by atoms with Gasteiger partial charge in [-0.2, -0.15) is 0 Å². The van der Waals surface area contributed by atoms with Crippen LogP contribution in [0.25, 0.3) is 89.7 Å². The number of quaternary nitrogens is 4. The summed E-state index contributed by atoms with van der Waals surface area (Å²) in [5.41, 5.74) is 4.85. The summed E-state index contributed by atoms with van der Waals surface area (Å²) >= 11 is 38.6. The summed E-state index contributed by atoms with van der Waals surface area (Å²) in [5, 5.41) is 18.5. The van der Waals surface area contributed by atoms with Crippen LogP contribution >= 0.6 is 81.7 Å². The molecule has 0 fully saturated rings. The minimum atomic E-state index is 0. The number of benzene rings is 4. The number of hydrogen-bond acceptors (Lipinski definition) is 17. The van der Waals surface area contributed by atoms with Crippen LogP contribution in [0, 0.1) is 47.3 Å². The van der Waals surface area contributed by atoms with Crippen LogP contribution in [0.5, 0.6) is 40.2 Å². The van der Waals surface area contributed by atoms with Crippen LogP contribution in [0.3, 0.4) is 0 Å². The van der Waals surface area contributed by atoms with E-state index in [1.165, 1.54) is 0 Å². The summed E-state index contributed by atoms with van der Waals surface area (Å²) in [4.78, 5) is 32.7. The van der Waals surface area contributed by atoms with Gasteiger partial charge in [0.15, 0.2) is 34.6 Å². The molecule has 0 atom stereocenters. The van der Waals surface area contributed by atoms with E-state index < -0.39 is 0 Å².